The van der Waals surface area contributed by atoms with Crippen LogP contribution in [-0.4, -0.2) is 71.5 Å². The summed E-state index contributed by atoms with van der Waals surface area (Å²) in [5, 5.41) is 6.59. The van der Waals surface area contributed by atoms with Crippen molar-refractivity contribution >= 4 is 44.3 Å². The maximum atomic E-state index is 14.4. The molecule has 1 saturated heterocycles. The number of hydrogen-bond donors (Lipinski definition) is 3. The first-order valence-electron chi connectivity index (χ1n) is 16.9. The Morgan fingerprint density at radius 3 is 2.58 bits per heavy atom. The lowest BCUT2D eigenvalue weighted by atomic mass is 10.0. The van der Waals surface area contributed by atoms with Gasteiger partial charge in [0.15, 0.2) is 0 Å². The van der Waals surface area contributed by atoms with Gasteiger partial charge >= 0.3 is 0 Å². The second kappa shape index (κ2) is 13.2. The Labute approximate surface area is 280 Å². The van der Waals surface area contributed by atoms with Crippen LogP contribution < -0.4 is 20.1 Å². The molecule has 5 atom stereocenters. The van der Waals surface area contributed by atoms with E-state index in [1.54, 1.807) is 17.2 Å². The van der Waals surface area contributed by atoms with Crippen LogP contribution in [0.15, 0.2) is 79.0 Å². The van der Waals surface area contributed by atoms with Crippen LogP contribution in [0.25, 0.3) is 10.9 Å². The number of ether oxygens (including phenoxy) is 1. The summed E-state index contributed by atoms with van der Waals surface area (Å²) in [5.74, 6) is -1.20. The number of rotatable bonds is 7. The minimum atomic E-state index is -3.83. The van der Waals surface area contributed by atoms with E-state index in [9.17, 15) is 22.8 Å². The van der Waals surface area contributed by atoms with E-state index in [-0.39, 0.29) is 31.2 Å². The van der Waals surface area contributed by atoms with Crippen LogP contribution in [0.5, 0.6) is 5.75 Å². The van der Waals surface area contributed by atoms with Crippen molar-refractivity contribution in [3.8, 4) is 5.75 Å². The molecule has 2 saturated carbocycles. The molecule has 3 amide bonds. The predicted molar refractivity (Wildman–Crippen MR) is 181 cm³/mol. The van der Waals surface area contributed by atoms with E-state index >= 15 is 0 Å². The zero-order valence-corrected chi connectivity index (χ0v) is 27.5. The Hall–Kier alpha value is -4.45. The van der Waals surface area contributed by atoms with Gasteiger partial charge in [-0.1, -0.05) is 55.3 Å². The SMILES string of the molecule is O=C1N[C@]2(C(=O)NS(=O)(=O)C3CC3)C[C@H]2C=CCCCCC[C@H](Nc2ccccc2)C(=O)N2C[C@H](Oc3ccnc4ccccc34)C[C@@H]12. The first-order chi connectivity index (χ1) is 23.2. The molecule has 0 unspecified atom stereocenters. The number of amides is 3. The number of nitrogens with zero attached hydrogens (tertiary/aromatic N) is 2. The van der Waals surface area contributed by atoms with Crippen molar-refractivity contribution in [2.24, 2.45) is 5.92 Å². The maximum Gasteiger partial charge on any atom is 0.259 e. The van der Waals surface area contributed by atoms with E-state index in [4.69, 9.17) is 4.74 Å². The topological polar surface area (TPSA) is 147 Å². The molecule has 0 spiro atoms. The fourth-order valence-corrected chi connectivity index (χ4v) is 8.30. The maximum absolute atomic E-state index is 14.4. The summed E-state index contributed by atoms with van der Waals surface area (Å²) in [5.41, 5.74) is 0.166. The van der Waals surface area contributed by atoms with Crippen molar-refractivity contribution in [2.45, 2.75) is 86.8 Å². The third-order valence-electron chi connectivity index (χ3n) is 9.86. The molecule has 0 bridgehead atoms. The van der Waals surface area contributed by atoms with Gasteiger partial charge in [0.25, 0.3) is 5.91 Å². The standard InChI is InChI=1S/C36H41N5O6S/c42-33-31-21-26(47-32-19-20-37-29-15-10-9-14-28(29)32)23-41(31)34(43)30(38-25-12-6-4-7-13-25)16-8-3-1-2-5-11-24-22-36(24,39-33)35(44)40-48(45,46)27-17-18-27/h4-7,9-15,19-20,24,26-27,30-31,38H,1-3,8,16-18,21-23H2,(H,39,42)(H,40,44)/t24-,26-,30+,31+,36-/m1/s1. The van der Waals surface area contributed by atoms with Crippen LogP contribution in [-0.2, 0) is 24.4 Å². The Balaban J connectivity index is 1.19. The first kappa shape index (κ1) is 32.1. The summed E-state index contributed by atoms with van der Waals surface area (Å²) in [4.78, 5) is 48.3. The normalized spacial score (nSPS) is 28.0. The van der Waals surface area contributed by atoms with Crippen LogP contribution >= 0.6 is 0 Å². The largest absolute Gasteiger partial charge is 0.488 e. The van der Waals surface area contributed by atoms with Gasteiger partial charge in [0.2, 0.25) is 21.8 Å². The molecular weight excluding hydrogens is 630 g/mol. The zero-order chi connectivity index (χ0) is 33.3. The zero-order valence-electron chi connectivity index (χ0n) is 26.7. The molecule has 1 aromatic heterocycles. The summed E-state index contributed by atoms with van der Waals surface area (Å²) in [6.45, 7) is 0.166. The summed E-state index contributed by atoms with van der Waals surface area (Å²) in [6.07, 6.45) is 10.6. The fourth-order valence-electron chi connectivity index (χ4n) is 6.93. The van der Waals surface area contributed by atoms with Gasteiger partial charge < -0.3 is 20.3 Å². The minimum Gasteiger partial charge on any atom is -0.488 e. The van der Waals surface area contributed by atoms with Gasteiger partial charge in [-0.15, -0.1) is 0 Å². The van der Waals surface area contributed by atoms with Crippen LogP contribution in [0.4, 0.5) is 5.69 Å². The monoisotopic (exact) mass is 671 g/mol. The van der Waals surface area contributed by atoms with Crippen LogP contribution in [0.2, 0.25) is 0 Å². The van der Waals surface area contributed by atoms with Gasteiger partial charge in [0.05, 0.1) is 17.3 Å². The number of nitrogens with one attached hydrogen (secondary N) is 3. The molecule has 3 N–H and O–H groups in total. The van der Waals surface area contributed by atoms with Crippen molar-refractivity contribution in [2.75, 3.05) is 11.9 Å². The number of pyridine rings is 1. The number of fused-ring (bicyclic) bond motifs is 3. The minimum absolute atomic E-state index is 0.166. The number of benzene rings is 2. The van der Waals surface area contributed by atoms with Crippen molar-refractivity contribution < 1.29 is 27.5 Å². The highest BCUT2D eigenvalue weighted by Gasteiger charge is 2.62. The number of carbonyl (C=O) groups excluding carboxylic acids is 3. The molecular formula is C36H41N5O6S. The third kappa shape index (κ3) is 6.76. The van der Waals surface area contributed by atoms with Gasteiger partial charge in [-0.3, -0.25) is 24.1 Å². The Morgan fingerprint density at radius 1 is 0.979 bits per heavy atom. The summed E-state index contributed by atoms with van der Waals surface area (Å²) >= 11 is 0. The summed E-state index contributed by atoms with van der Waals surface area (Å²) in [6, 6.07) is 17.4. The molecule has 3 fully saturated rings. The van der Waals surface area contributed by atoms with Crippen molar-refractivity contribution in [1.29, 1.82) is 0 Å². The second-order valence-electron chi connectivity index (χ2n) is 13.4. The summed E-state index contributed by atoms with van der Waals surface area (Å²) < 4.78 is 34.3. The van der Waals surface area contributed by atoms with Gasteiger partial charge in [0.1, 0.15) is 29.5 Å². The highest BCUT2D eigenvalue weighted by molar-refractivity contribution is 7.91. The number of anilines is 1. The molecule has 2 aliphatic heterocycles. The fraction of sp³-hybridized carbons (Fsp3) is 0.444. The van der Waals surface area contributed by atoms with Crippen molar-refractivity contribution in [3.05, 3.63) is 79.0 Å². The molecule has 3 aromatic rings. The lowest BCUT2D eigenvalue weighted by Crippen LogP contribution is -2.57. The number of carbonyl (C=O) groups is 3. The van der Waals surface area contributed by atoms with E-state index in [1.165, 1.54) is 0 Å². The Morgan fingerprint density at radius 2 is 1.77 bits per heavy atom. The lowest BCUT2D eigenvalue weighted by molar-refractivity contribution is -0.140. The van der Waals surface area contributed by atoms with Crippen LogP contribution in [0.1, 0.15) is 57.8 Å². The van der Waals surface area contributed by atoms with Gasteiger partial charge in [0, 0.05) is 29.6 Å². The van der Waals surface area contributed by atoms with E-state index in [2.05, 4.69) is 20.3 Å². The van der Waals surface area contributed by atoms with E-state index in [1.807, 2.05) is 66.7 Å². The smallest absolute Gasteiger partial charge is 0.259 e. The number of aromatic nitrogens is 1. The lowest BCUT2D eigenvalue weighted by Gasteiger charge is -2.30. The quantitative estimate of drug-likeness (QED) is 0.319. The molecule has 2 aliphatic carbocycles. The molecule has 4 aliphatic rings. The third-order valence-corrected chi connectivity index (χ3v) is 11.7. The number of para-hydroxylation sites is 2. The molecule has 3 heterocycles. The highest BCUT2D eigenvalue weighted by atomic mass is 32.2. The molecule has 252 valence electrons. The molecule has 0 radical (unpaired) electrons. The summed E-state index contributed by atoms with van der Waals surface area (Å²) in [7, 11) is -3.83. The van der Waals surface area contributed by atoms with Crippen molar-refractivity contribution in [1.82, 2.24) is 19.9 Å². The van der Waals surface area contributed by atoms with Gasteiger partial charge in [-0.2, -0.15) is 0 Å². The Bertz CT molecular complexity index is 1830. The van der Waals surface area contributed by atoms with Gasteiger partial charge in [-0.25, -0.2) is 8.42 Å². The number of sulfonamides is 1. The van der Waals surface area contributed by atoms with Gasteiger partial charge in [-0.05, 0) is 68.9 Å². The second-order valence-corrected chi connectivity index (χ2v) is 15.3. The van der Waals surface area contributed by atoms with E-state index < -0.39 is 50.8 Å². The average molecular weight is 672 g/mol. The molecule has 7 rings (SSSR count). The Kier molecular flexibility index (Phi) is 8.84. The van der Waals surface area contributed by atoms with E-state index in [0.29, 0.717) is 25.0 Å². The van der Waals surface area contributed by atoms with Crippen LogP contribution in [0, 0.1) is 5.92 Å². The van der Waals surface area contributed by atoms with E-state index in [0.717, 1.165) is 42.3 Å². The average Bonchev–Trinajstić information content (AvgIpc) is 4.01. The van der Waals surface area contributed by atoms with Crippen molar-refractivity contribution in [3.63, 3.8) is 0 Å². The molecule has 2 aromatic carbocycles. The first-order valence-corrected chi connectivity index (χ1v) is 18.5. The van der Waals surface area contributed by atoms with Crippen LogP contribution in [0.3, 0.4) is 0 Å². The molecule has 11 nitrogen and oxygen atoms in total. The molecule has 48 heavy (non-hydrogen) atoms. The molecule has 12 heteroatoms. The predicted octanol–water partition coefficient (Wildman–Crippen LogP) is 4.07. The number of allylic oxidation sites excluding steroid dienone is 1. The number of hydrogen-bond acceptors (Lipinski definition) is 8. The highest BCUT2D eigenvalue weighted by Crippen LogP contribution is 2.46.